The van der Waals surface area contributed by atoms with Crippen LogP contribution in [0.1, 0.15) is 28.9 Å². The number of hydrogen-bond donors (Lipinski definition) is 1. The third-order valence-corrected chi connectivity index (χ3v) is 5.97. The topological polar surface area (TPSA) is 82.0 Å². The van der Waals surface area contributed by atoms with E-state index in [4.69, 9.17) is 11.6 Å². The van der Waals surface area contributed by atoms with Crippen LogP contribution in [0.5, 0.6) is 0 Å². The number of imidazole rings is 1. The summed E-state index contributed by atoms with van der Waals surface area (Å²) in [5.41, 5.74) is -0.509. The summed E-state index contributed by atoms with van der Waals surface area (Å²) in [6.07, 6.45) is -4.27. The van der Waals surface area contributed by atoms with Crippen LogP contribution in [0, 0.1) is 0 Å². The van der Waals surface area contributed by atoms with E-state index in [1.807, 2.05) is 0 Å². The SMILES string of the molecule is Cn1c(=O)n(CCCO)c(=O)c2c1nc(Cc1cccc(C(F)(F)F)c1)n2Cc1ccc(Cl)cc1. The number of aryl methyl sites for hydroxylation is 1. The molecule has 0 aliphatic heterocycles. The summed E-state index contributed by atoms with van der Waals surface area (Å²) >= 11 is 5.99. The lowest BCUT2D eigenvalue weighted by Gasteiger charge is -2.12. The third-order valence-electron chi connectivity index (χ3n) is 5.72. The summed E-state index contributed by atoms with van der Waals surface area (Å²) in [5, 5.41) is 9.71. The van der Waals surface area contributed by atoms with Gasteiger partial charge in [-0.05, 0) is 35.7 Å². The van der Waals surface area contributed by atoms with E-state index in [-0.39, 0.29) is 43.7 Å². The Morgan fingerprint density at radius 3 is 2.40 bits per heavy atom. The van der Waals surface area contributed by atoms with E-state index >= 15 is 0 Å². The lowest BCUT2D eigenvalue weighted by atomic mass is 10.1. The molecule has 184 valence electrons. The minimum atomic E-state index is -4.50. The fraction of sp³-hybridized carbons (Fsp3) is 0.292. The van der Waals surface area contributed by atoms with Gasteiger partial charge in [0.2, 0.25) is 0 Å². The molecular weight excluding hydrogens is 485 g/mol. The number of benzene rings is 2. The van der Waals surface area contributed by atoms with Crippen molar-refractivity contribution in [2.45, 2.75) is 32.1 Å². The van der Waals surface area contributed by atoms with Gasteiger partial charge in [-0.15, -0.1) is 0 Å². The zero-order chi connectivity index (χ0) is 25.3. The number of rotatable bonds is 7. The van der Waals surface area contributed by atoms with Crippen molar-refractivity contribution < 1.29 is 18.3 Å². The maximum atomic E-state index is 13.4. The van der Waals surface area contributed by atoms with E-state index in [1.165, 1.54) is 17.7 Å². The van der Waals surface area contributed by atoms with Crippen molar-refractivity contribution in [3.8, 4) is 0 Å². The number of aliphatic hydroxyl groups excluding tert-OH is 1. The van der Waals surface area contributed by atoms with Gasteiger partial charge in [0, 0.05) is 38.2 Å². The van der Waals surface area contributed by atoms with E-state index in [0.717, 1.165) is 22.3 Å². The lowest BCUT2D eigenvalue weighted by Crippen LogP contribution is -2.40. The van der Waals surface area contributed by atoms with Crippen LogP contribution >= 0.6 is 11.6 Å². The predicted octanol–water partition coefficient (Wildman–Crippen LogP) is 3.59. The van der Waals surface area contributed by atoms with Crippen molar-refractivity contribution in [2.24, 2.45) is 7.05 Å². The third kappa shape index (κ3) is 5.03. The molecular formula is C24H22ClF3N4O3. The summed E-state index contributed by atoms with van der Waals surface area (Å²) < 4.78 is 43.6. The van der Waals surface area contributed by atoms with Crippen LogP contribution in [0.4, 0.5) is 13.2 Å². The Balaban J connectivity index is 1.91. The smallest absolute Gasteiger partial charge is 0.396 e. The molecule has 0 radical (unpaired) electrons. The van der Waals surface area contributed by atoms with Gasteiger partial charge in [0.25, 0.3) is 5.56 Å². The van der Waals surface area contributed by atoms with E-state index < -0.39 is 23.0 Å². The number of fused-ring (bicyclic) bond motifs is 1. The van der Waals surface area contributed by atoms with Gasteiger partial charge in [-0.2, -0.15) is 13.2 Å². The summed E-state index contributed by atoms with van der Waals surface area (Å²) in [5.74, 6) is 0.335. The Bertz CT molecular complexity index is 1490. The maximum Gasteiger partial charge on any atom is 0.416 e. The molecule has 0 saturated carbocycles. The summed E-state index contributed by atoms with van der Waals surface area (Å²) in [6, 6.07) is 11.8. The van der Waals surface area contributed by atoms with Crippen LogP contribution in [0.15, 0.2) is 58.1 Å². The standard InChI is InChI=1S/C24H22ClF3N4O3/c1-30-21-20(22(34)31(23(30)35)10-3-11-33)32(14-15-6-8-18(25)9-7-15)19(29-21)13-16-4-2-5-17(12-16)24(26,27)28/h2,4-9,12,33H,3,10-11,13-14H2,1H3. The molecule has 4 aromatic rings. The lowest BCUT2D eigenvalue weighted by molar-refractivity contribution is -0.137. The minimum absolute atomic E-state index is 0.0104. The Labute approximate surface area is 202 Å². The highest BCUT2D eigenvalue weighted by Crippen LogP contribution is 2.30. The maximum absolute atomic E-state index is 13.4. The summed E-state index contributed by atoms with van der Waals surface area (Å²) in [4.78, 5) is 30.7. The molecule has 0 aliphatic rings. The fourth-order valence-electron chi connectivity index (χ4n) is 3.96. The molecule has 35 heavy (non-hydrogen) atoms. The van der Waals surface area contributed by atoms with E-state index in [0.29, 0.717) is 16.4 Å². The van der Waals surface area contributed by atoms with Crippen LogP contribution in [-0.2, 0) is 32.7 Å². The molecule has 0 aliphatic carbocycles. The molecule has 2 heterocycles. The van der Waals surface area contributed by atoms with Crippen LogP contribution in [0.3, 0.4) is 0 Å². The zero-order valence-corrected chi connectivity index (χ0v) is 19.5. The highest BCUT2D eigenvalue weighted by molar-refractivity contribution is 6.30. The van der Waals surface area contributed by atoms with Gasteiger partial charge in [0.1, 0.15) is 5.82 Å². The molecule has 7 nitrogen and oxygen atoms in total. The second-order valence-electron chi connectivity index (χ2n) is 8.16. The average Bonchev–Trinajstić information content (AvgIpc) is 3.16. The van der Waals surface area contributed by atoms with Crippen molar-refractivity contribution in [3.05, 3.63) is 96.9 Å². The van der Waals surface area contributed by atoms with Crippen molar-refractivity contribution >= 4 is 22.8 Å². The Morgan fingerprint density at radius 1 is 1.03 bits per heavy atom. The molecule has 0 bridgehead atoms. The van der Waals surface area contributed by atoms with Gasteiger partial charge in [0.15, 0.2) is 11.2 Å². The number of alkyl halides is 3. The Kier molecular flexibility index (Phi) is 6.86. The first kappa shape index (κ1) is 24.7. The summed E-state index contributed by atoms with van der Waals surface area (Å²) in [6.45, 7) is 0.0148. The molecule has 0 unspecified atom stereocenters. The second-order valence-corrected chi connectivity index (χ2v) is 8.60. The van der Waals surface area contributed by atoms with Gasteiger partial charge in [-0.1, -0.05) is 41.9 Å². The van der Waals surface area contributed by atoms with Crippen molar-refractivity contribution in [1.29, 1.82) is 0 Å². The monoisotopic (exact) mass is 506 g/mol. The second kappa shape index (κ2) is 9.71. The van der Waals surface area contributed by atoms with Crippen molar-refractivity contribution in [1.82, 2.24) is 18.7 Å². The molecule has 0 fully saturated rings. The number of aliphatic hydroxyl groups is 1. The number of halogens is 4. The van der Waals surface area contributed by atoms with E-state index in [1.54, 1.807) is 34.9 Å². The van der Waals surface area contributed by atoms with Crippen LogP contribution in [0.2, 0.25) is 5.02 Å². The highest BCUT2D eigenvalue weighted by atomic mass is 35.5. The molecule has 0 atom stereocenters. The predicted molar refractivity (Wildman–Crippen MR) is 126 cm³/mol. The van der Waals surface area contributed by atoms with E-state index in [9.17, 15) is 27.9 Å². The Morgan fingerprint density at radius 2 is 1.74 bits per heavy atom. The normalized spacial score (nSPS) is 11.9. The first-order valence-corrected chi connectivity index (χ1v) is 11.2. The molecule has 11 heteroatoms. The zero-order valence-electron chi connectivity index (χ0n) is 18.7. The molecule has 1 N–H and O–H groups in total. The van der Waals surface area contributed by atoms with Crippen LogP contribution in [0.25, 0.3) is 11.2 Å². The largest absolute Gasteiger partial charge is 0.416 e. The quantitative estimate of drug-likeness (QED) is 0.415. The van der Waals surface area contributed by atoms with Gasteiger partial charge >= 0.3 is 11.9 Å². The molecule has 2 aromatic heterocycles. The highest BCUT2D eigenvalue weighted by Gasteiger charge is 2.30. The van der Waals surface area contributed by atoms with Crippen LogP contribution in [-0.4, -0.2) is 30.4 Å². The Hall–Kier alpha value is -3.37. The summed E-state index contributed by atoms with van der Waals surface area (Å²) in [7, 11) is 1.48. The molecule has 2 aromatic carbocycles. The number of hydrogen-bond acceptors (Lipinski definition) is 4. The first-order chi connectivity index (χ1) is 16.6. The van der Waals surface area contributed by atoms with Crippen LogP contribution < -0.4 is 11.2 Å². The first-order valence-electron chi connectivity index (χ1n) is 10.8. The minimum Gasteiger partial charge on any atom is -0.396 e. The molecule has 4 rings (SSSR count). The number of nitrogens with zero attached hydrogens (tertiary/aromatic N) is 4. The fourth-order valence-corrected chi connectivity index (χ4v) is 4.09. The molecule has 0 amide bonds. The van der Waals surface area contributed by atoms with Gasteiger partial charge in [-0.25, -0.2) is 9.78 Å². The van der Waals surface area contributed by atoms with Gasteiger partial charge in [0.05, 0.1) is 5.56 Å². The number of aromatic nitrogens is 4. The molecule has 0 spiro atoms. The van der Waals surface area contributed by atoms with Gasteiger partial charge < -0.3 is 9.67 Å². The molecule has 0 saturated heterocycles. The van der Waals surface area contributed by atoms with Crippen molar-refractivity contribution in [2.75, 3.05) is 6.61 Å². The van der Waals surface area contributed by atoms with Crippen molar-refractivity contribution in [3.63, 3.8) is 0 Å². The average molecular weight is 507 g/mol. The van der Waals surface area contributed by atoms with Gasteiger partial charge in [-0.3, -0.25) is 13.9 Å². The van der Waals surface area contributed by atoms with E-state index in [2.05, 4.69) is 4.98 Å².